The maximum absolute atomic E-state index is 11.9. The molecule has 0 fully saturated rings. The minimum atomic E-state index is -0.330. The van der Waals surface area contributed by atoms with Crippen LogP contribution in [0.5, 0.6) is 0 Å². The molecular weight excluding hydrogens is 143 g/mol. The zero-order valence-corrected chi connectivity index (χ0v) is 7.18. The van der Waals surface area contributed by atoms with Gasteiger partial charge in [0.25, 0.3) is 0 Å². The standard InChI is InChI=1S/C8H15FN2/c1-8(2)11(7-4-9)6-3-5-10/h8H,3-4,6-7H2,1-2H3. The van der Waals surface area contributed by atoms with E-state index in [1.54, 1.807) is 0 Å². The van der Waals surface area contributed by atoms with Crippen LogP contribution in [-0.4, -0.2) is 30.7 Å². The maximum atomic E-state index is 11.9. The number of nitriles is 1. The lowest BCUT2D eigenvalue weighted by Gasteiger charge is -2.23. The van der Waals surface area contributed by atoms with Gasteiger partial charge in [0, 0.05) is 25.6 Å². The van der Waals surface area contributed by atoms with E-state index in [1.165, 1.54) is 0 Å². The highest BCUT2D eigenvalue weighted by Crippen LogP contribution is 1.98. The Kier molecular flexibility index (Phi) is 5.77. The van der Waals surface area contributed by atoms with Gasteiger partial charge in [0.05, 0.1) is 6.07 Å². The molecule has 0 aromatic rings. The Morgan fingerprint density at radius 3 is 2.45 bits per heavy atom. The smallest absolute Gasteiger partial charge is 0.102 e. The number of halogens is 1. The summed E-state index contributed by atoms with van der Waals surface area (Å²) in [5, 5.41) is 8.29. The molecule has 3 heteroatoms. The fourth-order valence-electron chi connectivity index (χ4n) is 0.930. The third-order valence-corrected chi connectivity index (χ3v) is 1.61. The Balaban J connectivity index is 3.62. The van der Waals surface area contributed by atoms with Gasteiger partial charge in [-0.15, -0.1) is 0 Å². The third kappa shape index (κ3) is 4.74. The Bertz CT molecular complexity index is 129. The fraction of sp³-hybridized carbons (Fsp3) is 0.875. The van der Waals surface area contributed by atoms with Gasteiger partial charge in [-0.05, 0) is 13.8 Å². The summed E-state index contributed by atoms with van der Waals surface area (Å²) in [7, 11) is 0. The molecule has 2 nitrogen and oxygen atoms in total. The first-order valence-corrected chi connectivity index (χ1v) is 3.89. The number of hydrogen-bond donors (Lipinski definition) is 0. The Hall–Kier alpha value is -0.620. The van der Waals surface area contributed by atoms with Crippen LogP contribution < -0.4 is 0 Å². The van der Waals surface area contributed by atoms with Crippen LogP contribution in [0.3, 0.4) is 0 Å². The fourth-order valence-corrected chi connectivity index (χ4v) is 0.930. The molecule has 0 rings (SSSR count). The van der Waals surface area contributed by atoms with E-state index in [1.807, 2.05) is 24.8 Å². The van der Waals surface area contributed by atoms with Crippen molar-refractivity contribution in [3.05, 3.63) is 0 Å². The molecule has 0 aromatic carbocycles. The molecular formula is C8H15FN2. The molecule has 11 heavy (non-hydrogen) atoms. The zero-order valence-electron chi connectivity index (χ0n) is 7.18. The molecule has 0 saturated carbocycles. The van der Waals surface area contributed by atoms with Crippen LogP contribution >= 0.6 is 0 Å². The second-order valence-electron chi connectivity index (χ2n) is 2.73. The summed E-state index contributed by atoms with van der Waals surface area (Å²) in [6, 6.07) is 2.38. The van der Waals surface area contributed by atoms with Crippen molar-refractivity contribution in [3.63, 3.8) is 0 Å². The van der Waals surface area contributed by atoms with Crippen LogP contribution in [0.15, 0.2) is 0 Å². The number of nitrogens with zero attached hydrogens (tertiary/aromatic N) is 2. The van der Waals surface area contributed by atoms with Crippen molar-refractivity contribution in [3.8, 4) is 6.07 Å². The van der Waals surface area contributed by atoms with Crippen molar-refractivity contribution in [2.24, 2.45) is 0 Å². The summed E-state index contributed by atoms with van der Waals surface area (Å²) in [5.41, 5.74) is 0. The van der Waals surface area contributed by atoms with Crippen LogP contribution in [0.25, 0.3) is 0 Å². The Morgan fingerprint density at radius 1 is 1.45 bits per heavy atom. The van der Waals surface area contributed by atoms with Crippen molar-refractivity contribution in [2.45, 2.75) is 26.3 Å². The highest BCUT2D eigenvalue weighted by Gasteiger charge is 2.07. The third-order valence-electron chi connectivity index (χ3n) is 1.61. The van der Waals surface area contributed by atoms with Gasteiger partial charge in [-0.3, -0.25) is 4.90 Å². The van der Waals surface area contributed by atoms with E-state index in [0.29, 0.717) is 25.6 Å². The molecule has 0 atom stereocenters. The van der Waals surface area contributed by atoms with Gasteiger partial charge in [-0.25, -0.2) is 4.39 Å². The van der Waals surface area contributed by atoms with Crippen molar-refractivity contribution < 1.29 is 4.39 Å². The molecule has 0 saturated heterocycles. The van der Waals surface area contributed by atoms with Gasteiger partial charge in [0.15, 0.2) is 0 Å². The van der Waals surface area contributed by atoms with Crippen LogP contribution in [0, 0.1) is 11.3 Å². The van der Waals surface area contributed by atoms with Gasteiger partial charge in [0.1, 0.15) is 6.67 Å². The van der Waals surface area contributed by atoms with E-state index in [4.69, 9.17) is 5.26 Å². The average molecular weight is 158 g/mol. The monoisotopic (exact) mass is 158 g/mol. The predicted molar refractivity (Wildman–Crippen MR) is 42.9 cm³/mol. The van der Waals surface area contributed by atoms with Crippen LogP contribution in [0.4, 0.5) is 4.39 Å². The summed E-state index contributed by atoms with van der Waals surface area (Å²) in [4.78, 5) is 1.96. The van der Waals surface area contributed by atoms with E-state index in [2.05, 4.69) is 0 Å². The predicted octanol–water partition coefficient (Wildman–Crippen LogP) is 1.58. The largest absolute Gasteiger partial charge is 0.297 e. The molecule has 0 unspecified atom stereocenters. The SMILES string of the molecule is CC(C)N(CCF)CCC#N. The molecule has 0 radical (unpaired) electrons. The van der Waals surface area contributed by atoms with Crippen LogP contribution in [0.2, 0.25) is 0 Å². The summed E-state index contributed by atoms with van der Waals surface area (Å²) in [6.45, 7) is 4.81. The number of hydrogen-bond acceptors (Lipinski definition) is 2. The molecule has 0 aliphatic heterocycles. The number of rotatable bonds is 5. The van der Waals surface area contributed by atoms with Crippen molar-refractivity contribution in [2.75, 3.05) is 19.8 Å². The molecule has 64 valence electrons. The van der Waals surface area contributed by atoms with Crippen LogP contribution in [0.1, 0.15) is 20.3 Å². The van der Waals surface area contributed by atoms with Gasteiger partial charge >= 0.3 is 0 Å². The first-order valence-electron chi connectivity index (χ1n) is 3.89. The van der Waals surface area contributed by atoms with E-state index < -0.39 is 0 Å². The molecule has 0 aliphatic rings. The summed E-state index contributed by atoms with van der Waals surface area (Å²) >= 11 is 0. The molecule has 0 amide bonds. The molecule has 0 spiro atoms. The normalized spacial score (nSPS) is 10.5. The van der Waals surface area contributed by atoms with E-state index in [-0.39, 0.29) is 6.67 Å². The van der Waals surface area contributed by atoms with E-state index in [9.17, 15) is 4.39 Å². The lowest BCUT2D eigenvalue weighted by atomic mass is 10.3. The summed E-state index contributed by atoms with van der Waals surface area (Å²) < 4.78 is 11.9. The van der Waals surface area contributed by atoms with Crippen molar-refractivity contribution in [1.29, 1.82) is 5.26 Å². The topological polar surface area (TPSA) is 27.0 Å². The summed E-state index contributed by atoms with van der Waals surface area (Å²) in [5.74, 6) is 0. The highest BCUT2D eigenvalue weighted by molar-refractivity contribution is 4.73. The van der Waals surface area contributed by atoms with Crippen molar-refractivity contribution in [1.82, 2.24) is 4.90 Å². The second kappa shape index (κ2) is 6.11. The molecule has 0 N–H and O–H groups in total. The zero-order chi connectivity index (χ0) is 8.69. The van der Waals surface area contributed by atoms with Gasteiger partial charge < -0.3 is 0 Å². The average Bonchev–Trinajstić information content (AvgIpc) is 1.97. The number of alkyl halides is 1. The van der Waals surface area contributed by atoms with E-state index >= 15 is 0 Å². The summed E-state index contributed by atoms with van der Waals surface area (Å²) in [6.07, 6.45) is 0.484. The quantitative estimate of drug-likeness (QED) is 0.607. The highest BCUT2D eigenvalue weighted by atomic mass is 19.1. The molecule has 0 aromatic heterocycles. The minimum absolute atomic E-state index is 0.330. The van der Waals surface area contributed by atoms with Gasteiger partial charge in [0.2, 0.25) is 0 Å². The van der Waals surface area contributed by atoms with Gasteiger partial charge in [-0.1, -0.05) is 0 Å². The molecule has 0 bridgehead atoms. The second-order valence-corrected chi connectivity index (χ2v) is 2.73. The van der Waals surface area contributed by atoms with Crippen molar-refractivity contribution >= 4 is 0 Å². The maximum Gasteiger partial charge on any atom is 0.102 e. The molecule has 0 aliphatic carbocycles. The lowest BCUT2D eigenvalue weighted by Crippen LogP contribution is -2.33. The Morgan fingerprint density at radius 2 is 2.09 bits per heavy atom. The van der Waals surface area contributed by atoms with Gasteiger partial charge in [-0.2, -0.15) is 5.26 Å². The van der Waals surface area contributed by atoms with Crippen LogP contribution in [-0.2, 0) is 0 Å². The molecule has 0 heterocycles. The Labute approximate surface area is 67.6 Å². The van der Waals surface area contributed by atoms with E-state index in [0.717, 1.165) is 0 Å². The lowest BCUT2D eigenvalue weighted by molar-refractivity contribution is 0.207. The minimum Gasteiger partial charge on any atom is -0.297 e. The first kappa shape index (κ1) is 10.4. The first-order chi connectivity index (χ1) is 5.22.